The monoisotopic (exact) mass is 322 g/mol. The minimum Gasteiger partial charge on any atom is -0.476 e. The van der Waals surface area contributed by atoms with Crippen molar-refractivity contribution in [2.45, 2.75) is 0 Å². The van der Waals surface area contributed by atoms with E-state index in [-0.39, 0.29) is 22.7 Å². The molecule has 21 heavy (non-hydrogen) atoms. The quantitative estimate of drug-likeness (QED) is 0.713. The normalized spacial score (nSPS) is 10.7. The van der Waals surface area contributed by atoms with Crippen LogP contribution in [0.3, 0.4) is 0 Å². The number of nitrogen functional groups attached to an aromatic ring is 1. The molecule has 2 heterocycles. The third kappa shape index (κ3) is 2.71. The number of anilines is 1. The van der Waals surface area contributed by atoms with E-state index in [4.69, 9.17) is 27.2 Å². The van der Waals surface area contributed by atoms with E-state index >= 15 is 0 Å². The summed E-state index contributed by atoms with van der Waals surface area (Å²) in [5.41, 5.74) is 5.50. The molecule has 2 aromatic heterocycles. The molecule has 0 spiro atoms. The molecule has 3 N–H and O–H groups in total. The van der Waals surface area contributed by atoms with E-state index in [0.717, 1.165) is 11.5 Å². The number of nitrogens with zero attached hydrogens (tertiary/aromatic N) is 3. The van der Waals surface area contributed by atoms with Gasteiger partial charge in [-0.3, -0.25) is 0 Å². The number of nitrogens with two attached hydrogens (primary N) is 1. The largest absolute Gasteiger partial charge is 0.476 e. The van der Waals surface area contributed by atoms with E-state index in [0.29, 0.717) is 15.8 Å². The van der Waals surface area contributed by atoms with Crippen LogP contribution in [0.25, 0.3) is 10.1 Å². The fourth-order valence-corrected chi connectivity index (χ4v) is 2.70. The van der Waals surface area contributed by atoms with Crippen LogP contribution in [-0.4, -0.2) is 25.4 Å². The van der Waals surface area contributed by atoms with Gasteiger partial charge in [0, 0.05) is 17.5 Å². The Morgan fingerprint density at radius 1 is 1.33 bits per heavy atom. The fourth-order valence-electron chi connectivity index (χ4n) is 1.72. The number of carboxylic acids is 1. The van der Waals surface area contributed by atoms with Gasteiger partial charge in [-0.2, -0.15) is 9.36 Å². The van der Waals surface area contributed by atoms with E-state index in [1.807, 2.05) is 0 Å². The lowest BCUT2D eigenvalue weighted by Gasteiger charge is -2.05. The van der Waals surface area contributed by atoms with Crippen molar-refractivity contribution in [3.63, 3.8) is 0 Å². The molecule has 7 nitrogen and oxygen atoms in total. The number of ether oxygens (including phenoxy) is 1. The highest BCUT2D eigenvalue weighted by atomic mass is 35.5. The van der Waals surface area contributed by atoms with Gasteiger partial charge >= 0.3 is 5.97 Å². The van der Waals surface area contributed by atoms with Crippen molar-refractivity contribution in [3.05, 3.63) is 35.1 Å². The van der Waals surface area contributed by atoms with Crippen LogP contribution in [0.5, 0.6) is 11.6 Å². The summed E-state index contributed by atoms with van der Waals surface area (Å²) in [6.45, 7) is 0. The molecule has 0 atom stereocenters. The number of aromatic carboxylic acids is 1. The van der Waals surface area contributed by atoms with Gasteiger partial charge < -0.3 is 15.6 Å². The Balaban J connectivity index is 1.96. The Bertz CT molecular complexity index is 831. The smallest absolute Gasteiger partial charge is 0.356 e. The number of hydrogen-bond donors (Lipinski definition) is 2. The van der Waals surface area contributed by atoms with Crippen molar-refractivity contribution in [2.75, 3.05) is 5.73 Å². The van der Waals surface area contributed by atoms with Gasteiger partial charge in [0.15, 0.2) is 5.69 Å². The molecule has 0 amide bonds. The minimum atomic E-state index is -1.06. The molecule has 0 saturated heterocycles. The van der Waals surface area contributed by atoms with Crippen LogP contribution in [0.15, 0.2) is 24.3 Å². The second-order valence-electron chi connectivity index (χ2n) is 3.98. The molecule has 0 unspecified atom stereocenters. The first-order valence-corrected chi connectivity index (χ1v) is 6.79. The summed E-state index contributed by atoms with van der Waals surface area (Å²) in [7, 11) is 0. The molecule has 0 radical (unpaired) electrons. The summed E-state index contributed by atoms with van der Waals surface area (Å²) in [5, 5.41) is 9.73. The number of aromatic nitrogens is 3. The standard InChI is InChI=1S/C12H7ClN4O3S/c13-8-4-9(16-12(14)15-8)20-5-1-2-6-7(3-5)21-17-10(6)11(18)19/h1-4H,(H,18,19)(H2,14,15,16). The van der Waals surface area contributed by atoms with E-state index in [1.165, 1.54) is 6.07 Å². The van der Waals surface area contributed by atoms with E-state index in [9.17, 15) is 4.79 Å². The van der Waals surface area contributed by atoms with Crippen molar-refractivity contribution in [3.8, 4) is 11.6 Å². The van der Waals surface area contributed by atoms with Crippen LogP contribution < -0.4 is 10.5 Å². The lowest BCUT2D eigenvalue weighted by Crippen LogP contribution is -1.97. The van der Waals surface area contributed by atoms with Crippen molar-refractivity contribution >= 4 is 45.1 Å². The van der Waals surface area contributed by atoms with E-state index in [1.54, 1.807) is 18.2 Å². The average molecular weight is 323 g/mol. The molecule has 3 rings (SSSR count). The Labute approximate surface area is 127 Å². The van der Waals surface area contributed by atoms with Crippen LogP contribution in [0.2, 0.25) is 5.15 Å². The number of halogens is 1. The Morgan fingerprint density at radius 3 is 2.86 bits per heavy atom. The number of fused-ring (bicyclic) bond motifs is 1. The maximum atomic E-state index is 11.0. The molecule has 0 saturated carbocycles. The summed E-state index contributed by atoms with van der Waals surface area (Å²) < 4.78 is 10.1. The maximum absolute atomic E-state index is 11.0. The topological polar surface area (TPSA) is 111 Å². The first-order chi connectivity index (χ1) is 10.0. The van der Waals surface area contributed by atoms with Crippen LogP contribution in [-0.2, 0) is 0 Å². The summed E-state index contributed by atoms with van der Waals surface area (Å²) >= 11 is 6.84. The minimum absolute atomic E-state index is 0.00420. The summed E-state index contributed by atoms with van der Waals surface area (Å²) in [4.78, 5) is 18.6. The SMILES string of the molecule is Nc1nc(Cl)cc(Oc2ccc3c(C(=O)O)nsc3c2)n1. The molecule has 0 fully saturated rings. The third-order valence-corrected chi connectivity index (χ3v) is 3.56. The number of benzene rings is 1. The first-order valence-electron chi connectivity index (χ1n) is 5.63. The van der Waals surface area contributed by atoms with Crippen molar-refractivity contribution in [1.29, 1.82) is 0 Å². The highest BCUT2D eigenvalue weighted by Gasteiger charge is 2.13. The zero-order chi connectivity index (χ0) is 15.0. The first kappa shape index (κ1) is 13.5. The zero-order valence-electron chi connectivity index (χ0n) is 10.3. The second kappa shape index (κ2) is 5.15. The Hall–Kier alpha value is -2.45. The molecule has 9 heteroatoms. The van der Waals surface area contributed by atoms with Gasteiger partial charge in [0.1, 0.15) is 10.9 Å². The van der Waals surface area contributed by atoms with Crippen LogP contribution in [0.4, 0.5) is 5.95 Å². The molecule has 0 aliphatic heterocycles. The van der Waals surface area contributed by atoms with Crippen LogP contribution >= 0.6 is 23.1 Å². The molecular formula is C12H7ClN4O3S. The number of hydrogen-bond acceptors (Lipinski definition) is 7. The predicted octanol–water partition coefficient (Wildman–Crippen LogP) is 2.81. The van der Waals surface area contributed by atoms with Crippen molar-refractivity contribution in [1.82, 2.24) is 14.3 Å². The summed E-state index contributed by atoms with van der Waals surface area (Å²) in [6.07, 6.45) is 0. The summed E-state index contributed by atoms with van der Waals surface area (Å²) in [6, 6.07) is 6.35. The van der Waals surface area contributed by atoms with Gasteiger partial charge in [-0.25, -0.2) is 9.78 Å². The molecule has 0 aliphatic carbocycles. The molecule has 1 aromatic carbocycles. The van der Waals surface area contributed by atoms with Gasteiger partial charge in [-0.15, -0.1) is 0 Å². The lowest BCUT2D eigenvalue weighted by atomic mass is 10.2. The maximum Gasteiger partial charge on any atom is 0.356 e. The van der Waals surface area contributed by atoms with E-state index in [2.05, 4.69) is 14.3 Å². The molecule has 0 aliphatic rings. The zero-order valence-corrected chi connectivity index (χ0v) is 11.9. The van der Waals surface area contributed by atoms with Gasteiger partial charge in [0.2, 0.25) is 11.8 Å². The molecule has 3 aromatic rings. The van der Waals surface area contributed by atoms with Crippen LogP contribution in [0.1, 0.15) is 10.5 Å². The van der Waals surface area contributed by atoms with Gasteiger partial charge in [0.25, 0.3) is 0 Å². The van der Waals surface area contributed by atoms with Gasteiger partial charge in [-0.05, 0) is 23.7 Å². The lowest BCUT2D eigenvalue weighted by molar-refractivity contribution is 0.0694. The van der Waals surface area contributed by atoms with Gasteiger partial charge in [0.05, 0.1) is 4.70 Å². The van der Waals surface area contributed by atoms with E-state index < -0.39 is 5.97 Å². The van der Waals surface area contributed by atoms with Gasteiger partial charge in [-0.1, -0.05) is 11.6 Å². The molecule has 106 valence electrons. The predicted molar refractivity (Wildman–Crippen MR) is 78.1 cm³/mol. The van der Waals surface area contributed by atoms with Crippen molar-refractivity contribution < 1.29 is 14.6 Å². The fraction of sp³-hybridized carbons (Fsp3) is 0. The average Bonchev–Trinajstić information content (AvgIpc) is 2.80. The number of carbonyl (C=O) groups is 1. The Kier molecular flexibility index (Phi) is 3.32. The molecule has 0 bridgehead atoms. The second-order valence-corrected chi connectivity index (χ2v) is 5.18. The van der Waals surface area contributed by atoms with Crippen molar-refractivity contribution in [2.24, 2.45) is 0 Å². The number of carboxylic acid groups (broad SMARTS) is 1. The highest BCUT2D eigenvalue weighted by Crippen LogP contribution is 2.29. The number of rotatable bonds is 3. The summed E-state index contributed by atoms with van der Waals surface area (Å²) in [5.74, 6) is -0.387. The third-order valence-electron chi connectivity index (χ3n) is 2.56. The molecular weight excluding hydrogens is 316 g/mol. The highest BCUT2D eigenvalue weighted by molar-refractivity contribution is 7.13. The van der Waals surface area contributed by atoms with Crippen LogP contribution in [0, 0.1) is 0 Å². The Morgan fingerprint density at radius 2 is 2.14 bits per heavy atom.